The van der Waals surface area contributed by atoms with E-state index >= 15 is 0 Å². The molecule has 2 atom stereocenters. The van der Waals surface area contributed by atoms with Crippen LogP contribution in [-0.2, 0) is 14.3 Å². The first-order valence-corrected chi connectivity index (χ1v) is 26.9. The second-order valence-corrected chi connectivity index (χ2v) is 18.2. The molecule has 0 aliphatic heterocycles. The van der Waals surface area contributed by atoms with Gasteiger partial charge in [-0.1, -0.05) is 223 Å². The van der Waals surface area contributed by atoms with Gasteiger partial charge in [-0.05, 0) is 83.5 Å². The molecule has 0 aromatic carbocycles. The second-order valence-electron chi connectivity index (χ2n) is 18.2. The summed E-state index contributed by atoms with van der Waals surface area (Å²) in [5.41, 5.74) is 0. The van der Waals surface area contributed by atoms with Crippen molar-refractivity contribution in [3.63, 3.8) is 0 Å². The van der Waals surface area contributed by atoms with Crippen molar-refractivity contribution in [3.05, 3.63) is 48.6 Å². The molecular formula is C56H103NO5. The van der Waals surface area contributed by atoms with E-state index in [4.69, 9.17) is 4.74 Å². The third-order valence-electron chi connectivity index (χ3n) is 12.1. The molecule has 3 N–H and O–H groups in total. The van der Waals surface area contributed by atoms with Crippen LogP contribution in [0, 0.1) is 0 Å². The van der Waals surface area contributed by atoms with Gasteiger partial charge in [-0.25, -0.2) is 0 Å². The van der Waals surface area contributed by atoms with Crippen molar-refractivity contribution in [2.75, 3.05) is 13.2 Å². The average molecular weight is 870 g/mol. The van der Waals surface area contributed by atoms with Gasteiger partial charge in [0.05, 0.1) is 25.4 Å². The summed E-state index contributed by atoms with van der Waals surface area (Å²) in [5, 5.41) is 23.1. The minimum atomic E-state index is -0.856. The molecule has 2 unspecified atom stereocenters. The highest BCUT2D eigenvalue weighted by Gasteiger charge is 2.18. The number of hydrogen-bond donors (Lipinski definition) is 3. The van der Waals surface area contributed by atoms with Gasteiger partial charge < -0.3 is 20.3 Å². The van der Waals surface area contributed by atoms with E-state index in [0.29, 0.717) is 19.4 Å². The van der Waals surface area contributed by atoms with Crippen LogP contribution >= 0.6 is 0 Å². The smallest absolute Gasteiger partial charge is 0.305 e. The van der Waals surface area contributed by atoms with Crippen LogP contribution in [0.15, 0.2) is 48.6 Å². The van der Waals surface area contributed by atoms with Gasteiger partial charge in [0.25, 0.3) is 0 Å². The summed E-state index contributed by atoms with van der Waals surface area (Å²) in [6.45, 7) is 4.82. The first kappa shape index (κ1) is 59.8. The molecule has 0 saturated carbocycles. The number of esters is 1. The number of ether oxygens (including phenoxy) is 1. The molecule has 0 spiro atoms. The molecule has 6 heteroatoms. The van der Waals surface area contributed by atoms with E-state index in [0.717, 1.165) is 70.6 Å². The molecule has 1 amide bonds. The SMILES string of the molecule is CCCC/C=C\C/C=C\CCCCCCCC(=O)OCCCCCCCCC/C=C\CCCCCCCC(=O)NC(CO)C(O)/C=C/CCCCCCCCCCCCCCC. The maximum atomic E-state index is 12.4. The largest absolute Gasteiger partial charge is 0.466 e. The Morgan fingerprint density at radius 2 is 0.823 bits per heavy atom. The van der Waals surface area contributed by atoms with E-state index in [2.05, 4.69) is 55.6 Å². The predicted octanol–water partition coefficient (Wildman–Crippen LogP) is 16.2. The summed E-state index contributed by atoms with van der Waals surface area (Å²) < 4.78 is 5.45. The van der Waals surface area contributed by atoms with Crippen molar-refractivity contribution in [3.8, 4) is 0 Å². The van der Waals surface area contributed by atoms with Gasteiger partial charge in [-0.15, -0.1) is 0 Å². The van der Waals surface area contributed by atoms with E-state index in [-0.39, 0.29) is 18.5 Å². The number of carbonyl (C=O) groups is 2. The number of aliphatic hydroxyl groups excluding tert-OH is 2. The summed E-state index contributed by atoms with van der Waals surface area (Å²) in [7, 11) is 0. The van der Waals surface area contributed by atoms with E-state index in [1.807, 2.05) is 6.08 Å². The fraction of sp³-hybridized carbons (Fsp3) is 0.821. The van der Waals surface area contributed by atoms with Crippen molar-refractivity contribution in [1.29, 1.82) is 0 Å². The zero-order valence-corrected chi connectivity index (χ0v) is 41.1. The predicted molar refractivity (Wildman–Crippen MR) is 269 cm³/mol. The lowest BCUT2D eigenvalue weighted by molar-refractivity contribution is -0.143. The van der Waals surface area contributed by atoms with Crippen molar-refractivity contribution < 1.29 is 24.5 Å². The first-order chi connectivity index (χ1) is 30.5. The molecule has 0 heterocycles. The Labute approximate surface area is 385 Å². The number of nitrogens with one attached hydrogen (secondary N) is 1. The molecule has 362 valence electrons. The minimum Gasteiger partial charge on any atom is -0.466 e. The standard InChI is InChI=1S/C56H103NO5/c1-3-5-7-9-11-13-15-17-21-24-28-32-36-40-44-48-54(59)53(52-58)57-55(60)49-45-41-37-33-29-25-22-19-20-23-27-31-35-39-43-47-51-62-56(61)50-46-42-38-34-30-26-18-16-14-12-10-8-6-4-2/h10,12,16,18-19,22,44,48,53-54,58-59H,3-9,11,13-15,17,20-21,23-43,45-47,49-52H2,1-2H3,(H,57,60)/b12-10-,18-16-,22-19-,48-44+. The normalized spacial score (nSPS) is 13.0. The van der Waals surface area contributed by atoms with Crippen LogP contribution in [0.2, 0.25) is 0 Å². The molecule has 0 saturated heterocycles. The Bertz CT molecular complexity index is 1050. The van der Waals surface area contributed by atoms with E-state index < -0.39 is 12.1 Å². The van der Waals surface area contributed by atoms with Gasteiger partial charge in [-0.3, -0.25) is 9.59 Å². The Kier molecular flexibility index (Phi) is 49.6. The molecule has 6 nitrogen and oxygen atoms in total. The Hall–Kier alpha value is -2.18. The molecule has 0 fully saturated rings. The molecule has 0 bridgehead atoms. The molecule has 62 heavy (non-hydrogen) atoms. The van der Waals surface area contributed by atoms with Crippen molar-refractivity contribution >= 4 is 11.9 Å². The second kappa shape index (κ2) is 51.5. The number of hydrogen-bond acceptors (Lipinski definition) is 5. The summed E-state index contributed by atoms with van der Waals surface area (Å²) >= 11 is 0. The van der Waals surface area contributed by atoms with E-state index in [1.165, 1.54) is 173 Å². The maximum Gasteiger partial charge on any atom is 0.305 e. The Morgan fingerprint density at radius 3 is 1.29 bits per heavy atom. The highest BCUT2D eigenvalue weighted by molar-refractivity contribution is 5.76. The lowest BCUT2D eigenvalue weighted by atomic mass is 10.0. The number of amides is 1. The summed E-state index contributed by atoms with van der Waals surface area (Å²) in [4.78, 5) is 24.4. The number of rotatable bonds is 49. The third-order valence-corrected chi connectivity index (χ3v) is 12.1. The number of allylic oxidation sites excluding steroid dienone is 7. The number of carbonyl (C=O) groups excluding carboxylic acids is 2. The summed E-state index contributed by atoms with van der Waals surface area (Å²) in [6, 6.07) is -0.641. The van der Waals surface area contributed by atoms with Gasteiger partial charge in [-0.2, -0.15) is 0 Å². The summed E-state index contributed by atoms with van der Waals surface area (Å²) in [5.74, 6) is -0.106. The Balaban J connectivity index is 3.52. The lowest BCUT2D eigenvalue weighted by Gasteiger charge is -2.20. The van der Waals surface area contributed by atoms with Crippen molar-refractivity contribution in [2.45, 2.75) is 283 Å². The van der Waals surface area contributed by atoms with Crippen LogP contribution in [0.1, 0.15) is 271 Å². The zero-order chi connectivity index (χ0) is 45.1. The van der Waals surface area contributed by atoms with Crippen LogP contribution in [0.5, 0.6) is 0 Å². The van der Waals surface area contributed by atoms with Crippen molar-refractivity contribution in [2.24, 2.45) is 0 Å². The van der Waals surface area contributed by atoms with Crippen LogP contribution < -0.4 is 5.32 Å². The fourth-order valence-electron chi connectivity index (χ4n) is 7.88. The van der Waals surface area contributed by atoms with Gasteiger partial charge in [0.2, 0.25) is 5.91 Å². The minimum absolute atomic E-state index is 0.0193. The quantitative estimate of drug-likeness (QED) is 0.0322. The monoisotopic (exact) mass is 870 g/mol. The first-order valence-electron chi connectivity index (χ1n) is 26.9. The third kappa shape index (κ3) is 47.3. The van der Waals surface area contributed by atoms with Crippen molar-refractivity contribution in [1.82, 2.24) is 5.32 Å². The highest BCUT2D eigenvalue weighted by Crippen LogP contribution is 2.15. The molecule has 0 aromatic heterocycles. The van der Waals surface area contributed by atoms with Crippen LogP contribution in [0.3, 0.4) is 0 Å². The number of aliphatic hydroxyl groups is 2. The van der Waals surface area contributed by atoms with Gasteiger partial charge >= 0.3 is 5.97 Å². The topological polar surface area (TPSA) is 95.9 Å². The molecule has 0 rings (SSSR count). The van der Waals surface area contributed by atoms with E-state index in [1.54, 1.807) is 6.08 Å². The van der Waals surface area contributed by atoms with Crippen LogP contribution in [0.4, 0.5) is 0 Å². The molecule has 0 radical (unpaired) electrons. The zero-order valence-electron chi connectivity index (χ0n) is 41.1. The summed E-state index contributed by atoms with van der Waals surface area (Å²) in [6.07, 6.45) is 64.0. The molecule has 0 aliphatic carbocycles. The van der Waals surface area contributed by atoms with Crippen LogP contribution in [0.25, 0.3) is 0 Å². The molecule has 0 aliphatic rings. The fourth-order valence-corrected chi connectivity index (χ4v) is 7.88. The maximum absolute atomic E-state index is 12.4. The van der Waals surface area contributed by atoms with Gasteiger partial charge in [0.15, 0.2) is 0 Å². The van der Waals surface area contributed by atoms with E-state index in [9.17, 15) is 19.8 Å². The van der Waals surface area contributed by atoms with Gasteiger partial charge in [0.1, 0.15) is 0 Å². The lowest BCUT2D eigenvalue weighted by Crippen LogP contribution is -2.45. The molecule has 0 aromatic rings. The van der Waals surface area contributed by atoms with Gasteiger partial charge in [0, 0.05) is 12.8 Å². The number of unbranched alkanes of at least 4 members (excludes halogenated alkanes) is 32. The highest BCUT2D eigenvalue weighted by atomic mass is 16.5. The average Bonchev–Trinajstić information content (AvgIpc) is 3.27. The van der Waals surface area contributed by atoms with Crippen LogP contribution in [-0.4, -0.2) is 47.4 Å². The molecular weight excluding hydrogens is 767 g/mol. The Morgan fingerprint density at radius 1 is 0.452 bits per heavy atom.